The van der Waals surface area contributed by atoms with Gasteiger partial charge in [0.05, 0.1) is 6.04 Å². The van der Waals surface area contributed by atoms with E-state index in [0.29, 0.717) is 6.54 Å². The minimum Gasteiger partial charge on any atom is -0.374 e. The van der Waals surface area contributed by atoms with Crippen LogP contribution in [0.1, 0.15) is 23.6 Å². The topological polar surface area (TPSA) is 93.9 Å². The first-order chi connectivity index (χ1) is 15.0. The number of rotatable bonds is 5. The second-order valence-corrected chi connectivity index (χ2v) is 8.32. The van der Waals surface area contributed by atoms with Crippen LogP contribution in [0.5, 0.6) is 0 Å². The second-order valence-electron chi connectivity index (χ2n) is 8.32. The average molecular weight is 427 g/mol. The molecule has 0 radical (unpaired) electrons. The van der Waals surface area contributed by atoms with Crippen molar-refractivity contribution in [3.8, 4) is 0 Å². The van der Waals surface area contributed by atoms with Crippen LogP contribution >= 0.6 is 0 Å². The van der Waals surface area contributed by atoms with E-state index in [1.165, 1.54) is 29.1 Å². The van der Waals surface area contributed by atoms with Gasteiger partial charge in [-0.2, -0.15) is 0 Å². The van der Waals surface area contributed by atoms with Crippen LogP contribution in [0.2, 0.25) is 0 Å². The Morgan fingerprint density at radius 1 is 1.10 bits per heavy atom. The fraction of sp³-hybridized carbons (Fsp3) is 0.500. The van der Waals surface area contributed by atoms with Gasteiger partial charge in [-0.3, -0.25) is 19.8 Å². The van der Waals surface area contributed by atoms with Gasteiger partial charge in [-0.1, -0.05) is 17.3 Å². The van der Waals surface area contributed by atoms with Crippen molar-refractivity contribution < 1.29 is 14.1 Å². The van der Waals surface area contributed by atoms with E-state index >= 15 is 0 Å². The number of benzene rings is 1. The molecule has 3 heterocycles. The smallest absolute Gasteiger partial charge is 0.314 e. The first-order valence-corrected chi connectivity index (χ1v) is 10.8. The maximum Gasteiger partial charge on any atom is 0.314 e. The van der Waals surface area contributed by atoms with Gasteiger partial charge >= 0.3 is 11.8 Å². The van der Waals surface area contributed by atoms with E-state index in [0.717, 1.165) is 45.6 Å². The van der Waals surface area contributed by atoms with E-state index in [1.807, 2.05) is 0 Å². The number of carbonyl (C=O) groups is 2. The number of likely N-dealkylation sites (N-methyl/N-ethyl adjacent to an activating group) is 1. The number of aromatic nitrogens is 1. The number of amides is 2. The molecule has 9 heteroatoms. The maximum absolute atomic E-state index is 12.4. The quantitative estimate of drug-likeness (QED) is 0.692. The molecule has 4 rings (SSSR count). The summed E-state index contributed by atoms with van der Waals surface area (Å²) in [7, 11) is 4.25. The van der Waals surface area contributed by atoms with E-state index in [2.05, 4.69) is 67.3 Å². The van der Waals surface area contributed by atoms with E-state index in [4.69, 9.17) is 0 Å². The summed E-state index contributed by atoms with van der Waals surface area (Å²) in [6, 6.07) is 8.12. The summed E-state index contributed by atoms with van der Waals surface area (Å²) in [5, 5.41) is 8.86. The first kappa shape index (κ1) is 21.3. The van der Waals surface area contributed by atoms with Gasteiger partial charge in [0.1, 0.15) is 6.26 Å². The van der Waals surface area contributed by atoms with Crippen LogP contribution in [0.3, 0.4) is 0 Å². The number of nitrogens with zero attached hydrogens (tertiary/aromatic N) is 4. The third kappa shape index (κ3) is 5.05. The Morgan fingerprint density at radius 2 is 1.90 bits per heavy atom. The van der Waals surface area contributed by atoms with Crippen LogP contribution < -0.4 is 15.5 Å². The lowest BCUT2D eigenvalue weighted by atomic mass is 9.95. The molecule has 31 heavy (non-hydrogen) atoms. The molecule has 0 aliphatic carbocycles. The molecule has 1 aromatic heterocycles. The zero-order chi connectivity index (χ0) is 21.8. The van der Waals surface area contributed by atoms with E-state index < -0.39 is 11.8 Å². The number of fused-ring (bicyclic) bond motifs is 1. The second kappa shape index (κ2) is 9.49. The zero-order valence-electron chi connectivity index (χ0n) is 18.1. The molecular weight excluding hydrogens is 396 g/mol. The van der Waals surface area contributed by atoms with Gasteiger partial charge in [0, 0.05) is 58.1 Å². The molecule has 166 valence electrons. The molecule has 9 nitrogen and oxygen atoms in total. The van der Waals surface area contributed by atoms with Gasteiger partial charge in [0.25, 0.3) is 0 Å². The van der Waals surface area contributed by atoms with Crippen molar-refractivity contribution in [3.63, 3.8) is 0 Å². The molecule has 1 atom stereocenters. The summed E-state index contributed by atoms with van der Waals surface area (Å²) < 4.78 is 4.68. The summed E-state index contributed by atoms with van der Waals surface area (Å²) in [4.78, 5) is 31.6. The number of nitrogens with one attached hydrogen (secondary N) is 2. The Bertz CT molecular complexity index is 908. The fourth-order valence-electron chi connectivity index (χ4n) is 4.32. The summed E-state index contributed by atoms with van der Waals surface area (Å²) >= 11 is 0. The Kier molecular flexibility index (Phi) is 6.53. The number of hydrogen-bond acceptors (Lipinski definition) is 7. The highest BCUT2D eigenvalue weighted by Crippen LogP contribution is 2.31. The molecule has 1 saturated heterocycles. The van der Waals surface area contributed by atoms with Gasteiger partial charge in [0.2, 0.25) is 0 Å². The number of aryl methyl sites for hydroxylation is 1. The average Bonchev–Trinajstić information content (AvgIpc) is 3.28. The highest BCUT2D eigenvalue weighted by Gasteiger charge is 2.27. The normalized spacial score (nSPS) is 18.3. The summed E-state index contributed by atoms with van der Waals surface area (Å²) in [5.74, 6) is -1.22. The van der Waals surface area contributed by atoms with Crippen molar-refractivity contribution in [2.24, 2.45) is 0 Å². The van der Waals surface area contributed by atoms with Gasteiger partial charge in [-0.05, 0) is 37.1 Å². The van der Waals surface area contributed by atoms with Gasteiger partial charge in [-0.25, -0.2) is 0 Å². The highest BCUT2D eigenvalue weighted by molar-refractivity contribution is 6.39. The molecular formula is C22H30N6O3. The number of piperazine rings is 1. The molecule has 0 bridgehead atoms. The molecule has 2 aliphatic heterocycles. The van der Waals surface area contributed by atoms with Gasteiger partial charge in [-0.15, -0.1) is 0 Å². The van der Waals surface area contributed by atoms with Gasteiger partial charge < -0.3 is 19.6 Å². The van der Waals surface area contributed by atoms with Crippen LogP contribution in [0.4, 0.5) is 11.5 Å². The third-order valence-electron chi connectivity index (χ3n) is 6.16. The Morgan fingerprint density at radius 3 is 2.65 bits per heavy atom. The van der Waals surface area contributed by atoms with Gasteiger partial charge in [0.15, 0.2) is 5.82 Å². The molecule has 0 saturated carbocycles. The maximum atomic E-state index is 12.4. The minimum absolute atomic E-state index is 0.00929. The van der Waals surface area contributed by atoms with Crippen LogP contribution in [0, 0.1) is 0 Å². The third-order valence-corrected chi connectivity index (χ3v) is 6.16. The molecule has 0 spiro atoms. The largest absolute Gasteiger partial charge is 0.374 e. The van der Waals surface area contributed by atoms with Crippen molar-refractivity contribution in [1.82, 2.24) is 20.3 Å². The highest BCUT2D eigenvalue weighted by atomic mass is 16.5. The molecule has 2 N–H and O–H groups in total. The van der Waals surface area contributed by atoms with Crippen molar-refractivity contribution in [1.29, 1.82) is 0 Å². The van der Waals surface area contributed by atoms with Crippen molar-refractivity contribution >= 4 is 23.3 Å². The van der Waals surface area contributed by atoms with Crippen molar-refractivity contribution in [3.05, 3.63) is 41.7 Å². The SMILES string of the molecule is CN1CCN([C@H](CNC(=O)C(=O)Nc2ccon2)c2ccc3c(c2)CCCN3C)CC1. The van der Waals surface area contributed by atoms with Crippen LogP contribution in [-0.4, -0.2) is 80.1 Å². The predicted molar refractivity (Wildman–Crippen MR) is 118 cm³/mol. The van der Waals surface area contributed by atoms with E-state index in [1.54, 1.807) is 0 Å². The molecule has 0 unspecified atom stereocenters. The number of anilines is 2. The zero-order valence-corrected chi connectivity index (χ0v) is 18.1. The molecule has 2 aliphatic rings. The van der Waals surface area contributed by atoms with E-state index in [-0.39, 0.29) is 11.9 Å². The van der Waals surface area contributed by atoms with Crippen LogP contribution in [-0.2, 0) is 16.0 Å². The molecule has 1 aromatic carbocycles. The van der Waals surface area contributed by atoms with Crippen LogP contribution in [0.15, 0.2) is 35.1 Å². The summed E-state index contributed by atoms with van der Waals surface area (Å²) in [5.41, 5.74) is 3.81. The molecule has 2 aromatic rings. The van der Waals surface area contributed by atoms with E-state index in [9.17, 15) is 9.59 Å². The lowest BCUT2D eigenvalue weighted by molar-refractivity contribution is -0.136. The van der Waals surface area contributed by atoms with Crippen molar-refractivity contribution in [2.75, 3.05) is 63.6 Å². The number of hydrogen-bond donors (Lipinski definition) is 2. The lowest BCUT2D eigenvalue weighted by Crippen LogP contribution is -2.49. The monoisotopic (exact) mass is 426 g/mol. The van der Waals surface area contributed by atoms with Crippen molar-refractivity contribution in [2.45, 2.75) is 18.9 Å². The lowest BCUT2D eigenvalue weighted by Gasteiger charge is -2.39. The molecule has 1 fully saturated rings. The Hall–Kier alpha value is -2.91. The summed E-state index contributed by atoms with van der Waals surface area (Å²) in [6.07, 6.45) is 3.55. The standard InChI is InChI=1S/C22H30N6O3/c1-26-9-11-28(12-10-26)19(15-23-21(29)22(30)24-20-7-13-31-25-20)17-5-6-18-16(14-17)4-3-8-27(18)2/h5-7,13-14,19H,3-4,8-12,15H2,1-2H3,(H,23,29)(H,24,25,30)/t19-/m1/s1. The first-order valence-electron chi connectivity index (χ1n) is 10.8. The minimum atomic E-state index is -0.752. The summed E-state index contributed by atoms with van der Waals surface area (Å²) in [6.45, 7) is 5.22. The molecule has 2 amide bonds. The Balaban J connectivity index is 1.48. The number of carbonyl (C=O) groups excluding carboxylic acids is 2. The Labute approximate surface area is 182 Å². The fourth-order valence-corrected chi connectivity index (χ4v) is 4.32. The van der Waals surface area contributed by atoms with Crippen LogP contribution in [0.25, 0.3) is 0 Å². The predicted octanol–water partition coefficient (Wildman–Crippen LogP) is 1.10.